The molecule has 0 spiro atoms. The van der Waals surface area contributed by atoms with Crippen LogP contribution in [0, 0.1) is 19.8 Å². The Hall–Kier alpha value is -2.56. The Labute approximate surface area is 141 Å². The van der Waals surface area contributed by atoms with Crippen LogP contribution in [0.1, 0.15) is 46.3 Å². The van der Waals surface area contributed by atoms with Crippen molar-refractivity contribution in [2.75, 3.05) is 0 Å². The van der Waals surface area contributed by atoms with Crippen molar-refractivity contribution in [1.29, 1.82) is 0 Å². The fraction of sp³-hybridized carbons (Fsp3) is 0.368. The van der Waals surface area contributed by atoms with Gasteiger partial charge >= 0.3 is 0 Å². The Bertz CT molecular complexity index is 917. The lowest BCUT2D eigenvalue weighted by atomic mass is 10.1. The van der Waals surface area contributed by atoms with Crippen LogP contribution in [-0.4, -0.2) is 20.4 Å². The van der Waals surface area contributed by atoms with Gasteiger partial charge in [-0.05, 0) is 50.3 Å². The van der Waals surface area contributed by atoms with Gasteiger partial charge < -0.3 is 14.9 Å². The highest BCUT2D eigenvalue weighted by molar-refractivity contribution is 6.01. The molecule has 2 aromatic heterocycles. The number of hydrogen-bond donors (Lipinski definition) is 2. The zero-order chi connectivity index (χ0) is 16.8. The Morgan fingerprint density at radius 1 is 1.38 bits per heavy atom. The molecule has 4 rings (SSSR count). The summed E-state index contributed by atoms with van der Waals surface area (Å²) < 4.78 is 1.99. The van der Waals surface area contributed by atoms with E-state index in [-0.39, 0.29) is 11.9 Å². The smallest absolute Gasteiger partial charge is 0.268 e. The first kappa shape index (κ1) is 15.0. The summed E-state index contributed by atoms with van der Waals surface area (Å²) in [7, 11) is 1.97. The molecule has 0 bridgehead atoms. The highest BCUT2D eigenvalue weighted by Gasteiger charge is 2.36. The third kappa shape index (κ3) is 2.50. The first-order valence-corrected chi connectivity index (χ1v) is 8.41. The number of rotatable bonds is 4. The van der Waals surface area contributed by atoms with Crippen LogP contribution in [0.15, 0.2) is 30.6 Å². The van der Waals surface area contributed by atoms with E-state index in [1.54, 1.807) is 6.20 Å². The van der Waals surface area contributed by atoms with Gasteiger partial charge in [0.2, 0.25) is 0 Å². The lowest BCUT2D eigenvalue weighted by Crippen LogP contribution is -2.32. The lowest BCUT2D eigenvalue weighted by molar-refractivity contribution is 0.0924. The molecule has 1 aromatic carbocycles. The molecular formula is C19H22N4O. The SMILES string of the molecule is Cc1ccc2[nH]c(C(=O)NC(c3nccn3C)C3CC3)c(C)c2c1. The first-order chi connectivity index (χ1) is 11.5. The molecule has 1 aliphatic rings. The number of nitrogens with one attached hydrogen (secondary N) is 2. The number of carbonyl (C=O) groups is 1. The van der Waals surface area contributed by atoms with Gasteiger partial charge in [-0.2, -0.15) is 0 Å². The van der Waals surface area contributed by atoms with Crippen molar-refractivity contribution in [3.05, 3.63) is 53.2 Å². The molecule has 1 aliphatic carbocycles. The monoisotopic (exact) mass is 322 g/mol. The number of imidazole rings is 1. The Morgan fingerprint density at radius 2 is 2.17 bits per heavy atom. The zero-order valence-electron chi connectivity index (χ0n) is 14.3. The highest BCUT2D eigenvalue weighted by Crippen LogP contribution is 2.40. The van der Waals surface area contributed by atoms with E-state index < -0.39 is 0 Å². The fourth-order valence-corrected chi connectivity index (χ4v) is 3.38. The molecule has 1 amide bonds. The molecule has 2 heterocycles. The second-order valence-corrected chi connectivity index (χ2v) is 6.86. The topological polar surface area (TPSA) is 62.7 Å². The van der Waals surface area contributed by atoms with E-state index in [0.717, 1.165) is 35.1 Å². The average molecular weight is 322 g/mol. The van der Waals surface area contributed by atoms with Crippen LogP contribution in [0.3, 0.4) is 0 Å². The predicted octanol–water partition coefficient (Wildman–Crippen LogP) is 3.40. The normalized spacial score (nSPS) is 15.6. The molecule has 1 atom stereocenters. The van der Waals surface area contributed by atoms with E-state index >= 15 is 0 Å². The summed E-state index contributed by atoms with van der Waals surface area (Å²) in [5.41, 5.74) is 3.85. The van der Waals surface area contributed by atoms with E-state index in [2.05, 4.69) is 34.3 Å². The molecule has 0 radical (unpaired) electrons. The molecule has 1 fully saturated rings. The average Bonchev–Trinajstić information content (AvgIpc) is 3.24. The van der Waals surface area contributed by atoms with Crippen molar-refractivity contribution in [3.8, 4) is 0 Å². The van der Waals surface area contributed by atoms with Gasteiger partial charge in [0.25, 0.3) is 5.91 Å². The summed E-state index contributed by atoms with van der Waals surface area (Å²) in [4.78, 5) is 20.6. The summed E-state index contributed by atoms with van der Waals surface area (Å²) >= 11 is 0. The summed E-state index contributed by atoms with van der Waals surface area (Å²) in [6, 6.07) is 6.19. The van der Waals surface area contributed by atoms with Crippen molar-refractivity contribution in [3.63, 3.8) is 0 Å². The quantitative estimate of drug-likeness (QED) is 0.773. The second kappa shape index (κ2) is 5.51. The largest absolute Gasteiger partial charge is 0.350 e. The van der Waals surface area contributed by atoms with Crippen LogP contribution in [-0.2, 0) is 7.05 Å². The van der Waals surface area contributed by atoms with E-state index in [1.165, 1.54) is 5.56 Å². The third-order valence-corrected chi connectivity index (χ3v) is 4.96. The summed E-state index contributed by atoms with van der Waals surface area (Å²) in [5.74, 6) is 1.36. The van der Waals surface area contributed by atoms with Gasteiger partial charge in [0.15, 0.2) is 0 Å². The summed E-state index contributed by atoms with van der Waals surface area (Å²) in [6.07, 6.45) is 5.99. The van der Waals surface area contributed by atoms with Crippen molar-refractivity contribution < 1.29 is 4.79 Å². The molecule has 1 saturated carbocycles. The van der Waals surface area contributed by atoms with E-state index in [9.17, 15) is 4.79 Å². The first-order valence-electron chi connectivity index (χ1n) is 8.41. The summed E-state index contributed by atoms with van der Waals surface area (Å²) in [5, 5.41) is 4.31. The van der Waals surface area contributed by atoms with Gasteiger partial charge in [-0.25, -0.2) is 4.98 Å². The summed E-state index contributed by atoms with van der Waals surface area (Å²) in [6.45, 7) is 4.07. The fourth-order valence-electron chi connectivity index (χ4n) is 3.38. The van der Waals surface area contributed by atoms with Gasteiger partial charge in [-0.3, -0.25) is 4.79 Å². The lowest BCUT2D eigenvalue weighted by Gasteiger charge is -2.18. The number of aromatic amines is 1. The van der Waals surface area contributed by atoms with Gasteiger partial charge in [-0.1, -0.05) is 11.6 Å². The predicted molar refractivity (Wildman–Crippen MR) is 93.9 cm³/mol. The van der Waals surface area contributed by atoms with E-state index in [4.69, 9.17) is 0 Å². The van der Waals surface area contributed by atoms with Crippen LogP contribution in [0.25, 0.3) is 10.9 Å². The Morgan fingerprint density at radius 3 is 2.83 bits per heavy atom. The number of carbonyl (C=O) groups excluding carboxylic acids is 1. The maximum Gasteiger partial charge on any atom is 0.268 e. The molecule has 2 N–H and O–H groups in total. The Balaban J connectivity index is 1.66. The molecule has 3 aromatic rings. The van der Waals surface area contributed by atoms with Crippen molar-refractivity contribution in [2.24, 2.45) is 13.0 Å². The van der Waals surface area contributed by atoms with Gasteiger partial charge in [0.05, 0.1) is 6.04 Å². The van der Waals surface area contributed by atoms with Gasteiger partial charge in [0, 0.05) is 30.3 Å². The molecule has 5 heteroatoms. The number of nitrogens with zero attached hydrogens (tertiary/aromatic N) is 2. The van der Waals surface area contributed by atoms with E-state index in [0.29, 0.717) is 11.6 Å². The number of aryl methyl sites for hydroxylation is 3. The number of hydrogen-bond acceptors (Lipinski definition) is 2. The second-order valence-electron chi connectivity index (χ2n) is 6.86. The highest BCUT2D eigenvalue weighted by atomic mass is 16.2. The van der Waals surface area contributed by atoms with Crippen LogP contribution in [0.5, 0.6) is 0 Å². The number of amides is 1. The number of H-pyrrole nitrogens is 1. The maximum absolute atomic E-state index is 12.9. The standard InChI is InChI=1S/C19H22N4O/c1-11-4-7-15-14(10-11)12(2)16(21-15)19(24)22-17(13-5-6-13)18-20-8-9-23(18)3/h4,7-10,13,17,21H,5-6H2,1-3H3,(H,22,24). The minimum absolute atomic E-state index is 0.0231. The van der Waals surface area contributed by atoms with Crippen LogP contribution >= 0.6 is 0 Å². The molecule has 1 unspecified atom stereocenters. The molecule has 124 valence electrons. The van der Waals surface area contributed by atoms with Crippen LogP contribution in [0.2, 0.25) is 0 Å². The third-order valence-electron chi connectivity index (χ3n) is 4.96. The molecule has 0 saturated heterocycles. The molecule has 5 nitrogen and oxygen atoms in total. The van der Waals surface area contributed by atoms with Crippen LogP contribution in [0.4, 0.5) is 0 Å². The Kier molecular flexibility index (Phi) is 3.44. The minimum atomic E-state index is -0.0544. The van der Waals surface area contributed by atoms with Gasteiger partial charge in [0.1, 0.15) is 11.5 Å². The number of fused-ring (bicyclic) bond motifs is 1. The van der Waals surface area contributed by atoms with Crippen LogP contribution < -0.4 is 5.32 Å². The molecular weight excluding hydrogens is 300 g/mol. The van der Waals surface area contributed by atoms with Crippen molar-refractivity contribution in [1.82, 2.24) is 19.9 Å². The van der Waals surface area contributed by atoms with Gasteiger partial charge in [-0.15, -0.1) is 0 Å². The van der Waals surface area contributed by atoms with E-state index in [1.807, 2.05) is 30.8 Å². The zero-order valence-corrected chi connectivity index (χ0v) is 14.3. The minimum Gasteiger partial charge on any atom is -0.350 e. The van der Waals surface area contributed by atoms with Crippen molar-refractivity contribution in [2.45, 2.75) is 32.7 Å². The maximum atomic E-state index is 12.9. The molecule has 0 aliphatic heterocycles. The molecule has 24 heavy (non-hydrogen) atoms. The number of aromatic nitrogens is 3. The number of benzene rings is 1. The van der Waals surface area contributed by atoms with Crippen molar-refractivity contribution >= 4 is 16.8 Å².